The molecule has 0 atom stereocenters. The highest BCUT2D eigenvalue weighted by atomic mass is 32.2. The zero-order valence-corrected chi connectivity index (χ0v) is 17.4. The lowest BCUT2D eigenvalue weighted by atomic mass is 10.1. The molecular formula is C22H17F3N4O2S. The number of carbonyl (C=O) groups excluding carboxylic acids is 1. The van der Waals surface area contributed by atoms with Crippen molar-refractivity contribution in [1.29, 1.82) is 0 Å². The van der Waals surface area contributed by atoms with Gasteiger partial charge in [-0.05, 0) is 24.3 Å². The molecule has 0 fully saturated rings. The van der Waals surface area contributed by atoms with Gasteiger partial charge in [-0.2, -0.15) is 13.2 Å². The van der Waals surface area contributed by atoms with Crippen molar-refractivity contribution in [2.45, 2.75) is 17.9 Å². The zero-order valence-electron chi connectivity index (χ0n) is 16.6. The second kappa shape index (κ2) is 8.91. The fourth-order valence-electron chi connectivity index (χ4n) is 3.12. The number of benzene rings is 2. The Bertz CT molecular complexity index is 1250. The molecule has 2 aromatic heterocycles. The van der Waals surface area contributed by atoms with Crippen LogP contribution < -0.4 is 5.32 Å². The van der Waals surface area contributed by atoms with Crippen molar-refractivity contribution in [3.05, 3.63) is 72.8 Å². The summed E-state index contributed by atoms with van der Waals surface area (Å²) in [4.78, 5) is 12.3. The number of rotatable bonds is 7. The molecule has 0 spiro atoms. The summed E-state index contributed by atoms with van der Waals surface area (Å²) in [5.41, 5.74) is -0.492. The number of thioether (sulfide) groups is 1. The Morgan fingerprint density at radius 3 is 2.66 bits per heavy atom. The first-order valence-electron chi connectivity index (χ1n) is 9.48. The molecule has 0 aliphatic carbocycles. The van der Waals surface area contributed by atoms with E-state index in [1.165, 1.54) is 18.2 Å². The summed E-state index contributed by atoms with van der Waals surface area (Å²) in [7, 11) is 0. The van der Waals surface area contributed by atoms with E-state index >= 15 is 0 Å². The number of anilines is 1. The van der Waals surface area contributed by atoms with Gasteiger partial charge in [0.25, 0.3) is 0 Å². The fourth-order valence-corrected chi connectivity index (χ4v) is 3.87. The van der Waals surface area contributed by atoms with E-state index in [0.29, 0.717) is 28.9 Å². The normalized spacial score (nSPS) is 11.6. The second-order valence-electron chi connectivity index (χ2n) is 6.73. The summed E-state index contributed by atoms with van der Waals surface area (Å²) < 4.78 is 47.0. The summed E-state index contributed by atoms with van der Waals surface area (Å²) >= 11 is 1.06. The molecule has 164 valence electrons. The molecule has 10 heteroatoms. The largest absolute Gasteiger partial charge is 0.453 e. The number of furan rings is 1. The maximum Gasteiger partial charge on any atom is 0.418 e. The minimum Gasteiger partial charge on any atom is -0.453 e. The second-order valence-corrected chi connectivity index (χ2v) is 7.68. The third kappa shape index (κ3) is 4.54. The van der Waals surface area contributed by atoms with E-state index in [2.05, 4.69) is 22.1 Å². The number of nitrogens with zero attached hydrogens (tertiary/aromatic N) is 3. The van der Waals surface area contributed by atoms with Crippen LogP contribution in [0.4, 0.5) is 18.9 Å². The van der Waals surface area contributed by atoms with Gasteiger partial charge in [0.15, 0.2) is 10.9 Å². The first kappa shape index (κ1) is 21.7. The molecule has 0 radical (unpaired) electrons. The van der Waals surface area contributed by atoms with Gasteiger partial charge in [0.05, 0.1) is 17.0 Å². The average molecular weight is 458 g/mol. The molecular weight excluding hydrogens is 441 g/mol. The summed E-state index contributed by atoms with van der Waals surface area (Å²) in [5, 5.41) is 11.9. The minimum absolute atomic E-state index is 0.151. The van der Waals surface area contributed by atoms with Crippen LogP contribution in [-0.4, -0.2) is 26.4 Å². The number of amides is 1. The monoisotopic (exact) mass is 458 g/mol. The van der Waals surface area contributed by atoms with Gasteiger partial charge in [-0.3, -0.25) is 9.36 Å². The summed E-state index contributed by atoms with van der Waals surface area (Å²) in [5.74, 6) is 0.231. The van der Waals surface area contributed by atoms with Crippen molar-refractivity contribution >= 4 is 34.3 Å². The van der Waals surface area contributed by atoms with Crippen LogP contribution in [0.25, 0.3) is 22.6 Å². The number of carbonyl (C=O) groups is 1. The minimum atomic E-state index is -4.57. The number of aromatic nitrogens is 3. The Morgan fingerprint density at radius 2 is 1.91 bits per heavy atom. The summed E-state index contributed by atoms with van der Waals surface area (Å²) in [6, 6.07) is 14.2. The molecule has 0 saturated carbocycles. The summed E-state index contributed by atoms with van der Waals surface area (Å²) in [6.45, 7) is 4.10. The molecule has 4 rings (SSSR count). The van der Waals surface area contributed by atoms with Crippen LogP contribution in [0.15, 0.2) is 76.8 Å². The lowest BCUT2D eigenvalue weighted by Crippen LogP contribution is -2.18. The van der Waals surface area contributed by atoms with Crippen LogP contribution in [0.1, 0.15) is 5.56 Å². The van der Waals surface area contributed by atoms with Crippen LogP contribution in [0.5, 0.6) is 0 Å². The van der Waals surface area contributed by atoms with Crippen molar-refractivity contribution in [2.75, 3.05) is 11.1 Å². The zero-order chi connectivity index (χ0) is 22.7. The van der Waals surface area contributed by atoms with Gasteiger partial charge in [-0.1, -0.05) is 48.2 Å². The Kier molecular flexibility index (Phi) is 6.04. The molecule has 32 heavy (non-hydrogen) atoms. The third-order valence-electron chi connectivity index (χ3n) is 4.51. The van der Waals surface area contributed by atoms with Crippen molar-refractivity contribution in [2.24, 2.45) is 0 Å². The first-order chi connectivity index (χ1) is 15.4. The molecule has 0 saturated heterocycles. The molecule has 0 aliphatic rings. The first-order valence-corrected chi connectivity index (χ1v) is 10.5. The number of allylic oxidation sites excluding steroid dienone is 1. The molecule has 4 aromatic rings. The predicted octanol–water partition coefficient (Wildman–Crippen LogP) is 5.63. The highest BCUT2D eigenvalue weighted by molar-refractivity contribution is 7.99. The molecule has 0 unspecified atom stereocenters. The van der Waals surface area contributed by atoms with Gasteiger partial charge in [-0.25, -0.2) is 0 Å². The van der Waals surface area contributed by atoms with E-state index in [1.54, 1.807) is 10.6 Å². The van der Waals surface area contributed by atoms with Gasteiger partial charge >= 0.3 is 6.18 Å². The number of para-hydroxylation sites is 2. The van der Waals surface area contributed by atoms with Crippen LogP contribution in [-0.2, 0) is 17.5 Å². The number of hydrogen-bond donors (Lipinski definition) is 1. The Hall–Kier alpha value is -3.53. The van der Waals surface area contributed by atoms with E-state index < -0.39 is 17.6 Å². The number of halogens is 3. The quantitative estimate of drug-likeness (QED) is 0.287. The van der Waals surface area contributed by atoms with Gasteiger partial charge in [0, 0.05) is 11.9 Å². The van der Waals surface area contributed by atoms with E-state index in [0.717, 1.165) is 23.2 Å². The molecule has 6 nitrogen and oxygen atoms in total. The van der Waals surface area contributed by atoms with Crippen molar-refractivity contribution in [3.63, 3.8) is 0 Å². The SMILES string of the molecule is C=CCn1c(SCC(=O)Nc2ccccc2C(F)(F)F)nnc1-c1cc2ccccc2o1. The fraction of sp³-hybridized carbons (Fsp3) is 0.136. The van der Waals surface area contributed by atoms with Gasteiger partial charge in [0.1, 0.15) is 5.58 Å². The van der Waals surface area contributed by atoms with Crippen LogP contribution >= 0.6 is 11.8 Å². The number of nitrogens with one attached hydrogen (secondary N) is 1. The lowest BCUT2D eigenvalue weighted by molar-refractivity contribution is -0.137. The van der Waals surface area contributed by atoms with E-state index in [-0.39, 0.29) is 11.4 Å². The third-order valence-corrected chi connectivity index (χ3v) is 5.48. The Balaban J connectivity index is 1.52. The number of alkyl halides is 3. The predicted molar refractivity (Wildman–Crippen MR) is 116 cm³/mol. The van der Waals surface area contributed by atoms with Crippen molar-refractivity contribution in [1.82, 2.24) is 14.8 Å². The Labute approximate surface area is 185 Å². The molecule has 2 heterocycles. The van der Waals surface area contributed by atoms with Gasteiger partial charge < -0.3 is 9.73 Å². The number of hydrogen-bond acceptors (Lipinski definition) is 5. The smallest absolute Gasteiger partial charge is 0.418 e. The van der Waals surface area contributed by atoms with Gasteiger partial charge in [-0.15, -0.1) is 16.8 Å². The summed E-state index contributed by atoms with van der Waals surface area (Å²) in [6.07, 6.45) is -2.91. The van der Waals surface area contributed by atoms with Crippen LogP contribution in [0, 0.1) is 0 Å². The molecule has 0 bridgehead atoms. The van der Waals surface area contributed by atoms with Crippen molar-refractivity contribution < 1.29 is 22.4 Å². The van der Waals surface area contributed by atoms with E-state index in [9.17, 15) is 18.0 Å². The van der Waals surface area contributed by atoms with Crippen LogP contribution in [0.2, 0.25) is 0 Å². The Morgan fingerprint density at radius 1 is 1.16 bits per heavy atom. The molecule has 1 amide bonds. The van der Waals surface area contributed by atoms with E-state index in [4.69, 9.17) is 4.42 Å². The molecule has 0 aliphatic heterocycles. The van der Waals surface area contributed by atoms with Crippen molar-refractivity contribution in [3.8, 4) is 11.6 Å². The highest BCUT2D eigenvalue weighted by Crippen LogP contribution is 2.35. The topological polar surface area (TPSA) is 73.0 Å². The standard InChI is InChI=1S/C22H17F3N4O2S/c1-2-11-29-20(18-12-14-7-3-6-10-17(14)31-18)27-28-21(29)32-13-19(30)26-16-9-5-4-8-15(16)22(23,24)25/h2-10,12H,1,11,13H2,(H,26,30). The highest BCUT2D eigenvalue weighted by Gasteiger charge is 2.33. The lowest BCUT2D eigenvalue weighted by Gasteiger charge is -2.13. The van der Waals surface area contributed by atoms with E-state index in [1.807, 2.05) is 30.3 Å². The van der Waals surface area contributed by atoms with Crippen LogP contribution in [0.3, 0.4) is 0 Å². The maximum absolute atomic E-state index is 13.1. The molecule has 1 N–H and O–H groups in total. The number of fused-ring (bicyclic) bond motifs is 1. The van der Waals surface area contributed by atoms with Gasteiger partial charge in [0.2, 0.25) is 11.7 Å². The molecule has 2 aromatic carbocycles. The average Bonchev–Trinajstić information content (AvgIpc) is 3.36. The maximum atomic E-state index is 13.1.